The fourth-order valence-corrected chi connectivity index (χ4v) is 3.32. The zero-order valence-corrected chi connectivity index (χ0v) is 17.2. The van der Waals surface area contributed by atoms with Crippen molar-refractivity contribution in [2.45, 2.75) is 19.4 Å². The van der Waals surface area contributed by atoms with Crippen molar-refractivity contribution in [3.05, 3.63) is 58.0 Å². The minimum Gasteiger partial charge on any atom is -0.442 e. The van der Waals surface area contributed by atoms with E-state index in [-0.39, 0.29) is 24.7 Å². The Morgan fingerprint density at radius 3 is 2.93 bits per heavy atom. The third-order valence-electron chi connectivity index (χ3n) is 4.38. The van der Waals surface area contributed by atoms with Gasteiger partial charge in [0.05, 0.1) is 24.5 Å². The summed E-state index contributed by atoms with van der Waals surface area (Å²) in [4.78, 5) is 35.6. The fourth-order valence-electron chi connectivity index (χ4n) is 2.93. The van der Waals surface area contributed by atoms with Crippen LogP contribution in [-0.2, 0) is 14.3 Å². The average Bonchev–Trinajstić information content (AvgIpc) is 2.96. The molecule has 0 spiro atoms. The molecule has 0 radical (unpaired) electrons. The second kappa shape index (κ2) is 9.04. The smallest absolute Gasteiger partial charge is 0.414 e. The van der Waals surface area contributed by atoms with Gasteiger partial charge in [0.15, 0.2) is 0 Å². The van der Waals surface area contributed by atoms with E-state index >= 15 is 0 Å². The largest absolute Gasteiger partial charge is 0.442 e. The van der Waals surface area contributed by atoms with Crippen molar-refractivity contribution in [2.24, 2.45) is 0 Å². The number of hydrogen-bond donors (Lipinski definition) is 2. The molecule has 1 heterocycles. The molecule has 1 saturated heterocycles. The van der Waals surface area contributed by atoms with Gasteiger partial charge >= 0.3 is 6.09 Å². The Morgan fingerprint density at radius 2 is 2.24 bits per heavy atom. The van der Waals surface area contributed by atoms with Gasteiger partial charge < -0.3 is 15.4 Å². The van der Waals surface area contributed by atoms with Gasteiger partial charge in [0.25, 0.3) is 0 Å². The van der Waals surface area contributed by atoms with Gasteiger partial charge in [0, 0.05) is 29.1 Å². The van der Waals surface area contributed by atoms with E-state index in [1.807, 2.05) is 0 Å². The minimum absolute atomic E-state index is 0.198. The molecule has 1 aromatic rings. The summed E-state index contributed by atoms with van der Waals surface area (Å²) >= 11 is 3.32. The second-order valence-electron chi connectivity index (χ2n) is 6.56. The van der Waals surface area contributed by atoms with E-state index in [2.05, 4.69) is 26.6 Å². The molecule has 0 aromatic heterocycles. The van der Waals surface area contributed by atoms with Crippen LogP contribution >= 0.6 is 15.9 Å². The van der Waals surface area contributed by atoms with Crippen LogP contribution in [0.3, 0.4) is 0 Å². The van der Waals surface area contributed by atoms with E-state index in [0.717, 1.165) is 6.29 Å². The Morgan fingerprint density at radius 1 is 1.45 bits per heavy atom. The van der Waals surface area contributed by atoms with Crippen molar-refractivity contribution in [1.82, 2.24) is 5.32 Å². The highest BCUT2D eigenvalue weighted by atomic mass is 79.9. The number of hydrogen-bond acceptors (Lipinski definition) is 5. The van der Waals surface area contributed by atoms with Gasteiger partial charge in [-0.15, -0.1) is 0 Å². The summed E-state index contributed by atoms with van der Waals surface area (Å²) < 4.78 is 20.5. The zero-order valence-electron chi connectivity index (χ0n) is 15.6. The highest BCUT2D eigenvalue weighted by molar-refractivity contribution is 9.11. The summed E-state index contributed by atoms with van der Waals surface area (Å²) in [5, 5.41) is 5.58. The first-order chi connectivity index (χ1) is 13.9. The lowest BCUT2D eigenvalue weighted by Gasteiger charge is -2.16. The lowest BCUT2D eigenvalue weighted by molar-refractivity contribution is -0.119. The number of anilines is 2. The van der Waals surface area contributed by atoms with E-state index in [1.54, 1.807) is 24.3 Å². The van der Waals surface area contributed by atoms with Crippen LogP contribution in [0, 0.1) is 5.82 Å². The van der Waals surface area contributed by atoms with Gasteiger partial charge in [-0.1, -0.05) is 22.0 Å². The molecule has 0 saturated carbocycles. The minimum atomic E-state index is -0.595. The molecule has 1 aromatic carbocycles. The quantitative estimate of drug-likeness (QED) is 0.631. The third-order valence-corrected chi connectivity index (χ3v) is 5.16. The molecule has 0 unspecified atom stereocenters. The van der Waals surface area contributed by atoms with E-state index in [0.29, 0.717) is 27.9 Å². The Labute approximate surface area is 175 Å². The lowest BCUT2D eigenvalue weighted by atomic mass is 10.1. The van der Waals surface area contributed by atoms with Crippen LogP contribution in [0.4, 0.5) is 20.6 Å². The van der Waals surface area contributed by atoms with Gasteiger partial charge in [-0.25, -0.2) is 9.18 Å². The molecule has 2 aliphatic rings. The van der Waals surface area contributed by atoms with Crippen molar-refractivity contribution in [2.75, 3.05) is 23.3 Å². The molecule has 1 atom stereocenters. The standard InChI is InChI=1S/C20H19BrFN3O4/c1-12(27)23-9-16-10-25(20(28)29-16)15-5-6-19(18(22)8-15)24-14-3-2-4-17(21)13(7-14)11-26/h2-6,8,11,16,24H,7,9-10H2,1H3,(H,23,27)/t16-/m0/s1. The number of cyclic esters (lactones) is 1. The molecule has 3 rings (SSSR count). The topological polar surface area (TPSA) is 87.7 Å². The molecular weight excluding hydrogens is 445 g/mol. The maximum absolute atomic E-state index is 14.7. The Bertz CT molecular complexity index is 942. The molecular formula is C20H19BrFN3O4. The van der Waals surface area contributed by atoms with Crippen molar-refractivity contribution in [3.63, 3.8) is 0 Å². The molecule has 1 aliphatic heterocycles. The van der Waals surface area contributed by atoms with E-state index in [4.69, 9.17) is 4.74 Å². The molecule has 2 N–H and O–H groups in total. The number of nitrogens with zero attached hydrogens (tertiary/aromatic N) is 1. The van der Waals surface area contributed by atoms with Gasteiger partial charge in [0.2, 0.25) is 5.91 Å². The maximum atomic E-state index is 14.7. The molecule has 0 bridgehead atoms. The van der Waals surface area contributed by atoms with E-state index < -0.39 is 18.0 Å². The summed E-state index contributed by atoms with van der Waals surface area (Å²) in [5.41, 5.74) is 1.77. The number of nitrogens with one attached hydrogen (secondary N) is 2. The number of halogens is 2. The van der Waals surface area contributed by atoms with Gasteiger partial charge in [-0.3, -0.25) is 14.5 Å². The van der Waals surface area contributed by atoms with Crippen molar-refractivity contribution < 1.29 is 23.5 Å². The number of benzene rings is 1. The first-order valence-electron chi connectivity index (χ1n) is 8.87. The zero-order chi connectivity index (χ0) is 21.0. The van der Waals surface area contributed by atoms with Crippen LogP contribution in [-0.4, -0.2) is 37.5 Å². The van der Waals surface area contributed by atoms with Crippen LogP contribution < -0.4 is 15.5 Å². The molecule has 7 nitrogen and oxygen atoms in total. The van der Waals surface area contributed by atoms with Crippen LogP contribution in [0.5, 0.6) is 0 Å². The predicted octanol–water partition coefficient (Wildman–Crippen LogP) is 3.39. The number of allylic oxidation sites excluding steroid dienone is 5. The first-order valence-corrected chi connectivity index (χ1v) is 9.67. The Hall–Kier alpha value is -2.94. The molecule has 2 amide bonds. The van der Waals surface area contributed by atoms with Crippen molar-refractivity contribution >= 4 is 45.6 Å². The maximum Gasteiger partial charge on any atom is 0.414 e. The molecule has 9 heteroatoms. The van der Waals surface area contributed by atoms with Crippen LogP contribution in [0.2, 0.25) is 0 Å². The van der Waals surface area contributed by atoms with Gasteiger partial charge in [-0.05, 0) is 30.4 Å². The number of amides is 2. The molecule has 29 heavy (non-hydrogen) atoms. The second-order valence-corrected chi connectivity index (χ2v) is 7.42. The number of aldehydes is 1. The first kappa shape index (κ1) is 20.8. The highest BCUT2D eigenvalue weighted by Crippen LogP contribution is 2.28. The van der Waals surface area contributed by atoms with Crippen LogP contribution in [0.1, 0.15) is 13.3 Å². The summed E-state index contributed by atoms with van der Waals surface area (Å²) in [6.07, 6.45) is 5.24. The normalized spacial score (nSPS) is 18.9. The number of rotatable bonds is 6. The number of carbonyl (C=O) groups excluding carboxylic acids is 3. The van der Waals surface area contributed by atoms with Crippen molar-refractivity contribution in [3.8, 4) is 0 Å². The molecule has 152 valence electrons. The van der Waals surface area contributed by atoms with Gasteiger partial charge in [-0.2, -0.15) is 0 Å². The highest BCUT2D eigenvalue weighted by Gasteiger charge is 2.32. The number of ether oxygens (including phenoxy) is 1. The number of carbonyl (C=O) groups is 3. The van der Waals surface area contributed by atoms with Crippen molar-refractivity contribution in [1.29, 1.82) is 0 Å². The van der Waals surface area contributed by atoms with E-state index in [9.17, 15) is 18.8 Å². The average molecular weight is 464 g/mol. The SMILES string of the molecule is CC(=O)NC[C@H]1CN(c2ccc(NC3=CC=CC(Br)=C(C=O)C3)c(F)c2)C(=O)O1. The summed E-state index contributed by atoms with van der Waals surface area (Å²) in [6.45, 7) is 1.79. The monoisotopic (exact) mass is 463 g/mol. The lowest BCUT2D eigenvalue weighted by Crippen LogP contribution is -2.33. The van der Waals surface area contributed by atoms with Crippen LogP contribution in [0.15, 0.2) is 52.2 Å². The fraction of sp³-hybridized carbons (Fsp3) is 0.250. The summed E-state index contributed by atoms with van der Waals surface area (Å²) in [7, 11) is 0. The summed E-state index contributed by atoms with van der Waals surface area (Å²) in [5.74, 6) is -0.770. The third kappa shape index (κ3) is 5.11. The predicted molar refractivity (Wildman–Crippen MR) is 110 cm³/mol. The molecule has 1 fully saturated rings. The van der Waals surface area contributed by atoms with E-state index in [1.165, 1.54) is 24.0 Å². The summed E-state index contributed by atoms with van der Waals surface area (Å²) in [6, 6.07) is 4.37. The Balaban J connectivity index is 1.70. The molecule has 1 aliphatic carbocycles. The Kier molecular flexibility index (Phi) is 6.48. The van der Waals surface area contributed by atoms with Crippen LogP contribution in [0.25, 0.3) is 0 Å². The van der Waals surface area contributed by atoms with Gasteiger partial charge in [0.1, 0.15) is 18.2 Å².